The molecule has 52 heavy (non-hydrogen) atoms. The second-order valence-electron chi connectivity index (χ2n) is 12.9. The lowest BCUT2D eigenvalue weighted by atomic mass is 10.0. The van der Waals surface area contributed by atoms with Crippen LogP contribution < -0.4 is 26.0 Å². The van der Waals surface area contributed by atoms with Crippen molar-refractivity contribution in [2.75, 3.05) is 20.3 Å². The van der Waals surface area contributed by atoms with E-state index in [4.69, 9.17) is 14.2 Å². The number of benzene rings is 3. The van der Waals surface area contributed by atoms with Crippen molar-refractivity contribution in [1.29, 1.82) is 0 Å². The number of ether oxygens (including phenoxy) is 4. The molecule has 0 unspecified atom stereocenters. The van der Waals surface area contributed by atoms with Gasteiger partial charge in [0.05, 0.1) is 33.0 Å². The monoisotopic (exact) mass is 720 g/mol. The van der Waals surface area contributed by atoms with Gasteiger partial charge in [0.1, 0.15) is 30.0 Å². The highest BCUT2D eigenvalue weighted by Gasteiger charge is 2.30. The lowest BCUT2D eigenvalue weighted by Gasteiger charge is -2.25. The van der Waals surface area contributed by atoms with Crippen molar-refractivity contribution in [2.24, 2.45) is 0 Å². The number of methoxy groups -OCH3 is 1. The Kier molecular flexibility index (Phi) is 16.1. The van der Waals surface area contributed by atoms with Crippen molar-refractivity contribution < 1.29 is 48.0 Å². The lowest BCUT2D eigenvalue weighted by molar-refractivity contribution is -0.148. The molecule has 0 heterocycles. The first kappa shape index (κ1) is 41.0. The number of nitrogens with one attached hydrogen (secondary N) is 4. The van der Waals surface area contributed by atoms with Crippen LogP contribution in [-0.4, -0.2) is 85.0 Å². The molecule has 0 aliphatic heterocycles. The zero-order chi connectivity index (χ0) is 38.1. The summed E-state index contributed by atoms with van der Waals surface area (Å²) >= 11 is 0. The second-order valence-corrected chi connectivity index (χ2v) is 12.9. The molecule has 0 radical (unpaired) electrons. The number of hydrogen-bond donors (Lipinski definition) is 5. The van der Waals surface area contributed by atoms with Crippen LogP contribution in [0.3, 0.4) is 0 Å². The molecule has 280 valence electrons. The number of rotatable bonds is 18. The maximum Gasteiger partial charge on any atom is 0.408 e. The Morgan fingerprint density at radius 3 is 1.88 bits per heavy atom. The van der Waals surface area contributed by atoms with Gasteiger partial charge in [-0.1, -0.05) is 72.8 Å². The zero-order valence-corrected chi connectivity index (χ0v) is 30.0. The van der Waals surface area contributed by atoms with Crippen LogP contribution in [0, 0.1) is 0 Å². The van der Waals surface area contributed by atoms with Crippen molar-refractivity contribution in [2.45, 2.75) is 77.2 Å². The standard InChI is InChI=1S/C38H48N4O10/c1-25(43)33(36(47)49-5)42-32(44)21-39-34(45)30(20-26-16-18-29(19-17-26)51-23-28-14-10-7-11-15-28)40-35(46)31(41-37(48)52-38(2,3)4)24-50-22-27-12-8-6-9-13-27/h6-19,25,30-31,33,43H,20-24H2,1-5H3,(H,39,45)(H,40,46)(H,41,48)(H,42,44)/t25-,30-,31+,33+/m0/s1. The smallest absolute Gasteiger partial charge is 0.408 e. The highest BCUT2D eigenvalue weighted by Crippen LogP contribution is 2.16. The fourth-order valence-corrected chi connectivity index (χ4v) is 4.70. The summed E-state index contributed by atoms with van der Waals surface area (Å²) in [5, 5.41) is 19.9. The highest BCUT2D eigenvalue weighted by molar-refractivity contribution is 5.93. The molecule has 3 rings (SSSR count). The van der Waals surface area contributed by atoms with Crippen LogP contribution in [0.15, 0.2) is 84.9 Å². The minimum Gasteiger partial charge on any atom is -0.489 e. The first-order valence-electron chi connectivity index (χ1n) is 16.7. The summed E-state index contributed by atoms with van der Waals surface area (Å²) in [7, 11) is 1.11. The van der Waals surface area contributed by atoms with Crippen LogP contribution in [0.25, 0.3) is 0 Å². The molecule has 0 aromatic heterocycles. The van der Waals surface area contributed by atoms with Gasteiger partial charge in [-0.25, -0.2) is 9.59 Å². The van der Waals surface area contributed by atoms with E-state index in [2.05, 4.69) is 26.0 Å². The van der Waals surface area contributed by atoms with Gasteiger partial charge >= 0.3 is 12.1 Å². The van der Waals surface area contributed by atoms with E-state index in [0.29, 0.717) is 17.9 Å². The summed E-state index contributed by atoms with van der Waals surface area (Å²) in [6.07, 6.45) is -2.14. The minimum atomic E-state index is -1.36. The Morgan fingerprint density at radius 1 is 0.731 bits per heavy atom. The van der Waals surface area contributed by atoms with Gasteiger partial charge in [-0.15, -0.1) is 0 Å². The quantitative estimate of drug-likeness (QED) is 0.122. The molecule has 14 heteroatoms. The molecule has 0 aliphatic rings. The van der Waals surface area contributed by atoms with E-state index in [9.17, 15) is 29.1 Å². The molecular formula is C38H48N4O10. The predicted octanol–water partition coefficient (Wildman–Crippen LogP) is 2.56. The van der Waals surface area contributed by atoms with Gasteiger partial charge < -0.3 is 45.3 Å². The number of aliphatic hydroxyl groups excluding tert-OH is 1. The van der Waals surface area contributed by atoms with Crippen molar-refractivity contribution in [3.63, 3.8) is 0 Å². The Balaban J connectivity index is 1.77. The molecular weight excluding hydrogens is 672 g/mol. The van der Waals surface area contributed by atoms with E-state index in [-0.39, 0.29) is 19.6 Å². The van der Waals surface area contributed by atoms with E-state index in [1.54, 1.807) is 45.0 Å². The molecule has 4 amide bonds. The number of aliphatic hydroxyl groups is 1. The maximum absolute atomic E-state index is 13.7. The van der Waals surface area contributed by atoms with E-state index >= 15 is 0 Å². The topological polar surface area (TPSA) is 191 Å². The average Bonchev–Trinajstić information content (AvgIpc) is 3.11. The fraction of sp³-hybridized carbons (Fsp3) is 0.395. The fourth-order valence-electron chi connectivity index (χ4n) is 4.70. The van der Waals surface area contributed by atoms with E-state index in [0.717, 1.165) is 18.2 Å². The summed E-state index contributed by atoms with van der Waals surface area (Å²) in [6.45, 7) is 6.00. The molecule has 0 fully saturated rings. The Hall–Kier alpha value is -5.47. The Labute approximate surface area is 303 Å². The molecule has 14 nitrogen and oxygen atoms in total. The number of alkyl carbamates (subject to hydrolysis) is 1. The van der Waals surface area contributed by atoms with Gasteiger partial charge in [-0.3, -0.25) is 14.4 Å². The predicted molar refractivity (Wildman–Crippen MR) is 191 cm³/mol. The van der Waals surface area contributed by atoms with Gasteiger partial charge in [-0.2, -0.15) is 0 Å². The van der Waals surface area contributed by atoms with E-state index in [1.807, 2.05) is 60.7 Å². The maximum atomic E-state index is 13.7. The summed E-state index contributed by atoms with van der Waals surface area (Å²) in [6, 6.07) is 21.9. The average molecular weight is 721 g/mol. The Bertz CT molecular complexity index is 1600. The summed E-state index contributed by atoms with van der Waals surface area (Å²) in [5.74, 6) is -2.54. The van der Waals surface area contributed by atoms with Crippen molar-refractivity contribution in [1.82, 2.24) is 21.3 Å². The molecule has 0 bridgehead atoms. The van der Waals surface area contributed by atoms with Crippen LogP contribution >= 0.6 is 0 Å². The van der Waals surface area contributed by atoms with E-state index in [1.165, 1.54) is 6.92 Å². The number of esters is 1. The van der Waals surface area contributed by atoms with E-state index < -0.39 is 66.2 Å². The molecule has 5 N–H and O–H groups in total. The third-order valence-electron chi connectivity index (χ3n) is 7.33. The summed E-state index contributed by atoms with van der Waals surface area (Å²) in [5.41, 5.74) is 1.63. The second kappa shape index (κ2) is 20.4. The van der Waals surface area contributed by atoms with Crippen molar-refractivity contribution >= 4 is 29.8 Å². The zero-order valence-electron chi connectivity index (χ0n) is 30.0. The molecule has 3 aromatic rings. The molecule has 0 saturated carbocycles. The van der Waals surface area contributed by atoms with Crippen LogP contribution in [0.1, 0.15) is 44.4 Å². The van der Waals surface area contributed by atoms with Crippen LogP contribution in [-0.2, 0) is 53.0 Å². The Morgan fingerprint density at radius 2 is 1.33 bits per heavy atom. The molecule has 0 saturated heterocycles. The van der Waals surface area contributed by atoms with Crippen LogP contribution in [0.4, 0.5) is 4.79 Å². The van der Waals surface area contributed by atoms with Gasteiger partial charge in [-0.05, 0) is 56.5 Å². The third-order valence-corrected chi connectivity index (χ3v) is 7.33. The van der Waals surface area contributed by atoms with Gasteiger partial charge in [0, 0.05) is 6.42 Å². The minimum absolute atomic E-state index is 0.0132. The van der Waals surface area contributed by atoms with Gasteiger partial charge in [0.25, 0.3) is 0 Å². The highest BCUT2D eigenvalue weighted by atomic mass is 16.6. The van der Waals surface area contributed by atoms with Crippen molar-refractivity contribution in [3.05, 3.63) is 102 Å². The molecule has 0 aliphatic carbocycles. The van der Waals surface area contributed by atoms with Gasteiger partial charge in [0.2, 0.25) is 17.7 Å². The number of carbonyl (C=O) groups is 5. The molecule has 3 aromatic carbocycles. The van der Waals surface area contributed by atoms with Crippen molar-refractivity contribution in [3.8, 4) is 5.75 Å². The first-order valence-corrected chi connectivity index (χ1v) is 16.7. The summed E-state index contributed by atoms with van der Waals surface area (Å²) < 4.78 is 21.6. The first-order chi connectivity index (χ1) is 24.7. The SMILES string of the molecule is COC(=O)[C@H](NC(=O)CNC(=O)[C@H](Cc1ccc(OCc2ccccc2)cc1)NC(=O)[C@@H](COCc1ccccc1)NC(=O)OC(C)(C)C)[C@H](C)O. The third kappa shape index (κ3) is 14.8. The molecule has 4 atom stereocenters. The summed E-state index contributed by atoms with van der Waals surface area (Å²) in [4.78, 5) is 64.6. The number of carbonyl (C=O) groups excluding carboxylic acids is 5. The largest absolute Gasteiger partial charge is 0.489 e. The van der Waals surface area contributed by atoms with Crippen LogP contribution in [0.5, 0.6) is 5.75 Å². The normalized spacial score (nSPS) is 13.3. The number of hydrogen-bond acceptors (Lipinski definition) is 10. The molecule has 0 spiro atoms. The van der Waals surface area contributed by atoms with Gasteiger partial charge in [0.15, 0.2) is 6.04 Å². The number of amides is 4. The van der Waals surface area contributed by atoms with Crippen LogP contribution in [0.2, 0.25) is 0 Å². The lowest BCUT2D eigenvalue weighted by Crippen LogP contribution is -2.57.